The smallest absolute Gasteiger partial charge is 0.412 e. The Labute approximate surface area is 245 Å². The monoisotopic (exact) mass is 584 g/mol. The highest BCUT2D eigenvalue weighted by Crippen LogP contribution is 2.25. The molecule has 4 atom stereocenters. The fourth-order valence-corrected chi connectivity index (χ4v) is 4.69. The zero-order chi connectivity index (χ0) is 30.2. The average molecular weight is 585 g/mol. The number of alkyl halides is 1. The third-order valence-corrected chi connectivity index (χ3v) is 6.64. The standard InChI is InChI=1S/C30H37ClN4O6/c1-19(32-29(40)41-18-21-13-9-6-10-14-21)26(37)33-23(15-20-11-7-5-8-12-20)25(36)28(39)35-17-22(31)16-24(35)27(38)34-30(2,3)4/h5-14,22-25,36H,1,15-18H2,2-4H3,(H,32,40)(H,33,37)(H,34,38)/t22-,23-,24-,25-/m0/s1. The minimum Gasteiger partial charge on any atom is -0.444 e. The van der Waals surface area contributed by atoms with E-state index in [0.29, 0.717) is 0 Å². The molecule has 4 N–H and O–H groups in total. The van der Waals surface area contributed by atoms with Gasteiger partial charge in [-0.3, -0.25) is 19.7 Å². The van der Waals surface area contributed by atoms with Crippen LogP contribution in [0.5, 0.6) is 0 Å². The van der Waals surface area contributed by atoms with Gasteiger partial charge in [0.1, 0.15) is 18.3 Å². The van der Waals surface area contributed by atoms with Gasteiger partial charge in [0.25, 0.3) is 11.8 Å². The number of alkyl carbamates (subject to hydrolysis) is 1. The topological polar surface area (TPSA) is 137 Å². The first-order chi connectivity index (χ1) is 19.3. The number of nitrogens with one attached hydrogen (secondary N) is 3. The summed E-state index contributed by atoms with van der Waals surface area (Å²) in [4.78, 5) is 52.9. The van der Waals surface area contributed by atoms with Gasteiger partial charge in [-0.25, -0.2) is 4.79 Å². The van der Waals surface area contributed by atoms with Crippen LogP contribution in [-0.2, 0) is 32.1 Å². The lowest BCUT2D eigenvalue weighted by Gasteiger charge is -2.32. The number of rotatable bonds is 10. The molecule has 0 aliphatic carbocycles. The van der Waals surface area contributed by atoms with Crippen LogP contribution >= 0.6 is 11.6 Å². The molecule has 0 aromatic heterocycles. The van der Waals surface area contributed by atoms with Crippen molar-refractivity contribution in [1.29, 1.82) is 0 Å². The molecule has 41 heavy (non-hydrogen) atoms. The summed E-state index contributed by atoms with van der Waals surface area (Å²) < 4.78 is 5.13. The molecule has 1 saturated heterocycles. The summed E-state index contributed by atoms with van der Waals surface area (Å²) in [5.41, 5.74) is 0.640. The van der Waals surface area contributed by atoms with Crippen molar-refractivity contribution < 1.29 is 29.0 Å². The molecule has 11 heteroatoms. The highest BCUT2D eigenvalue weighted by Gasteiger charge is 2.43. The first-order valence-corrected chi connectivity index (χ1v) is 13.7. The van der Waals surface area contributed by atoms with E-state index >= 15 is 0 Å². The van der Waals surface area contributed by atoms with Gasteiger partial charge in [-0.1, -0.05) is 67.2 Å². The van der Waals surface area contributed by atoms with E-state index < -0.39 is 47.0 Å². The van der Waals surface area contributed by atoms with Crippen LogP contribution in [-0.4, -0.2) is 69.5 Å². The van der Waals surface area contributed by atoms with E-state index in [1.165, 1.54) is 4.90 Å². The molecule has 1 aliphatic heterocycles. The van der Waals surface area contributed by atoms with Crippen LogP contribution in [0.1, 0.15) is 38.3 Å². The largest absolute Gasteiger partial charge is 0.444 e. The van der Waals surface area contributed by atoms with Gasteiger partial charge in [-0.15, -0.1) is 11.6 Å². The lowest BCUT2D eigenvalue weighted by molar-refractivity contribution is -0.147. The van der Waals surface area contributed by atoms with Crippen molar-refractivity contribution in [2.24, 2.45) is 0 Å². The number of aliphatic hydroxyl groups is 1. The van der Waals surface area contributed by atoms with Crippen molar-refractivity contribution in [2.75, 3.05) is 6.54 Å². The molecule has 1 heterocycles. The Morgan fingerprint density at radius 3 is 2.22 bits per heavy atom. The molecule has 0 bridgehead atoms. The molecule has 0 spiro atoms. The lowest BCUT2D eigenvalue weighted by Crippen LogP contribution is -2.57. The molecule has 0 unspecified atom stereocenters. The van der Waals surface area contributed by atoms with Crippen LogP contribution < -0.4 is 16.0 Å². The molecule has 2 aromatic carbocycles. The van der Waals surface area contributed by atoms with E-state index in [9.17, 15) is 24.3 Å². The highest BCUT2D eigenvalue weighted by molar-refractivity contribution is 6.21. The third-order valence-electron chi connectivity index (χ3n) is 6.32. The summed E-state index contributed by atoms with van der Waals surface area (Å²) in [6.07, 6.45) is -2.29. The minimum atomic E-state index is -1.72. The fraction of sp³-hybridized carbons (Fsp3) is 0.400. The zero-order valence-electron chi connectivity index (χ0n) is 23.4. The Morgan fingerprint density at radius 2 is 1.63 bits per heavy atom. The van der Waals surface area contributed by atoms with E-state index in [2.05, 4.69) is 22.5 Å². The van der Waals surface area contributed by atoms with Gasteiger partial charge in [-0.2, -0.15) is 0 Å². The maximum atomic E-state index is 13.5. The Hall–Kier alpha value is -3.89. The van der Waals surface area contributed by atoms with Crippen LogP contribution in [0, 0.1) is 0 Å². The molecule has 3 rings (SSSR count). The molecule has 0 radical (unpaired) electrons. The molecule has 0 saturated carbocycles. The highest BCUT2D eigenvalue weighted by atomic mass is 35.5. The van der Waals surface area contributed by atoms with Crippen LogP contribution in [0.4, 0.5) is 4.79 Å². The van der Waals surface area contributed by atoms with Gasteiger partial charge >= 0.3 is 6.09 Å². The summed E-state index contributed by atoms with van der Waals surface area (Å²) in [5, 5.41) is 18.5. The molecule has 4 amide bonds. The van der Waals surface area contributed by atoms with Crippen LogP contribution in [0.2, 0.25) is 0 Å². The fourth-order valence-electron chi connectivity index (χ4n) is 4.38. The quantitative estimate of drug-likeness (QED) is 0.250. The van der Waals surface area contributed by atoms with Gasteiger partial charge in [0.05, 0.1) is 11.4 Å². The maximum absolute atomic E-state index is 13.5. The Bertz CT molecular complexity index is 1230. The van der Waals surface area contributed by atoms with E-state index in [1.807, 2.05) is 32.9 Å². The van der Waals surface area contributed by atoms with Crippen molar-refractivity contribution in [3.05, 3.63) is 84.1 Å². The molecule has 220 valence electrons. The molecular weight excluding hydrogens is 548 g/mol. The maximum Gasteiger partial charge on any atom is 0.412 e. The number of ether oxygens (including phenoxy) is 1. The number of hydrogen-bond acceptors (Lipinski definition) is 6. The second-order valence-corrected chi connectivity index (χ2v) is 11.6. The molecular formula is C30H37ClN4O6. The van der Waals surface area contributed by atoms with Gasteiger partial charge in [-0.05, 0) is 44.7 Å². The lowest BCUT2D eigenvalue weighted by atomic mass is 9.99. The van der Waals surface area contributed by atoms with E-state index in [0.717, 1.165) is 11.1 Å². The summed E-state index contributed by atoms with van der Waals surface area (Å²) in [6, 6.07) is 16.0. The number of hydrogen-bond donors (Lipinski definition) is 4. The van der Waals surface area contributed by atoms with Crippen LogP contribution in [0.25, 0.3) is 0 Å². The zero-order valence-corrected chi connectivity index (χ0v) is 24.2. The SMILES string of the molecule is C=C(NC(=O)OCc1ccccc1)C(=O)N[C@@H](Cc1ccccc1)[C@H](O)C(=O)N1C[C@@H](Cl)C[C@H]1C(=O)NC(C)(C)C. The van der Waals surface area contributed by atoms with Gasteiger partial charge in [0.15, 0.2) is 6.10 Å². The van der Waals surface area contributed by atoms with Crippen molar-refractivity contribution in [2.45, 2.75) is 69.3 Å². The van der Waals surface area contributed by atoms with E-state index in [4.69, 9.17) is 16.3 Å². The number of nitrogens with zero attached hydrogens (tertiary/aromatic N) is 1. The van der Waals surface area contributed by atoms with Crippen molar-refractivity contribution in [3.8, 4) is 0 Å². The molecule has 1 aliphatic rings. The van der Waals surface area contributed by atoms with Crippen LogP contribution in [0.3, 0.4) is 0 Å². The predicted octanol–water partition coefficient (Wildman–Crippen LogP) is 2.64. The summed E-state index contributed by atoms with van der Waals surface area (Å²) in [6.45, 7) is 9.12. The Morgan fingerprint density at radius 1 is 1.05 bits per heavy atom. The number of likely N-dealkylation sites (tertiary alicyclic amines) is 1. The second kappa shape index (κ2) is 14.1. The van der Waals surface area contributed by atoms with Crippen molar-refractivity contribution in [3.63, 3.8) is 0 Å². The summed E-state index contributed by atoms with van der Waals surface area (Å²) >= 11 is 6.33. The molecule has 10 nitrogen and oxygen atoms in total. The molecule has 1 fully saturated rings. The van der Waals surface area contributed by atoms with Gasteiger partial charge < -0.3 is 25.4 Å². The predicted molar refractivity (Wildman–Crippen MR) is 155 cm³/mol. The van der Waals surface area contributed by atoms with E-state index in [1.54, 1.807) is 48.5 Å². The third kappa shape index (κ3) is 9.61. The first-order valence-electron chi connectivity index (χ1n) is 13.3. The number of carbonyl (C=O) groups is 4. The average Bonchev–Trinajstić information content (AvgIpc) is 3.32. The van der Waals surface area contributed by atoms with Gasteiger partial charge in [0, 0.05) is 12.1 Å². The Kier molecular flexibility index (Phi) is 10.9. The number of halogens is 1. The normalized spacial score (nSPS) is 18.1. The number of amides is 4. The van der Waals surface area contributed by atoms with Gasteiger partial charge in [0.2, 0.25) is 5.91 Å². The summed E-state index contributed by atoms with van der Waals surface area (Å²) in [7, 11) is 0. The summed E-state index contributed by atoms with van der Waals surface area (Å²) in [5.74, 6) is -1.94. The number of benzene rings is 2. The minimum absolute atomic E-state index is 0.00716. The van der Waals surface area contributed by atoms with Crippen LogP contribution in [0.15, 0.2) is 72.9 Å². The second-order valence-electron chi connectivity index (χ2n) is 11.0. The first kappa shape index (κ1) is 31.6. The van der Waals surface area contributed by atoms with E-state index in [-0.39, 0.29) is 37.6 Å². The number of carbonyl (C=O) groups excluding carboxylic acids is 4. The Balaban J connectivity index is 1.70. The molecule has 2 aromatic rings. The van der Waals surface area contributed by atoms with Crippen molar-refractivity contribution in [1.82, 2.24) is 20.9 Å². The van der Waals surface area contributed by atoms with Crippen molar-refractivity contribution >= 4 is 35.4 Å². The number of aliphatic hydroxyl groups excluding tert-OH is 1.